The van der Waals surface area contributed by atoms with E-state index in [1.165, 1.54) is 11.6 Å². The Morgan fingerprint density at radius 3 is 2.60 bits per heavy atom. The van der Waals surface area contributed by atoms with E-state index in [1.54, 1.807) is 11.0 Å². The summed E-state index contributed by atoms with van der Waals surface area (Å²) in [7, 11) is 1.42. The number of anilines is 2. The Balaban J connectivity index is 3.55. The lowest BCUT2D eigenvalue weighted by atomic mass is 10.3. The van der Waals surface area contributed by atoms with Gasteiger partial charge in [-0.15, -0.1) is 6.58 Å². The molecule has 0 unspecified atom stereocenters. The van der Waals surface area contributed by atoms with Crippen LogP contribution in [0.3, 0.4) is 0 Å². The summed E-state index contributed by atoms with van der Waals surface area (Å²) in [5.74, 6) is 0.134. The Hall–Kier alpha value is -2.02. The monoisotopic (exact) mass is 282 g/mol. The van der Waals surface area contributed by atoms with Gasteiger partial charge in [0.05, 0.1) is 6.61 Å². The molecule has 3 N–H and O–H groups in total. The maximum Gasteiger partial charge on any atom is 0.332 e. The molecule has 0 amide bonds. The predicted octanol–water partition coefficient (Wildman–Crippen LogP) is -0.476. The molecule has 0 spiro atoms. The van der Waals surface area contributed by atoms with Gasteiger partial charge in [0.15, 0.2) is 0 Å². The highest BCUT2D eigenvalue weighted by Crippen LogP contribution is 2.16. The van der Waals surface area contributed by atoms with E-state index in [-0.39, 0.29) is 24.7 Å². The van der Waals surface area contributed by atoms with Gasteiger partial charge in [-0.25, -0.2) is 4.79 Å². The van der Waals surface area contributed by atoms with Crippen LogP contribution in [0.5, 0.6) is 0 Å². The normalized spacial score (nSPS) is 10.6. The minimum absolute atomic E-state index is 0.122. The van der Waals surface area contributed by atoms with E-state index in [0.29, 0.717) is 13.1 Å². The summed E-state index contributed by atoms with van der Waals surface area (Å²) in [4.78, 5) is 25.9. The molecule has 0 aliphatic rings. The first-order valence-electron chi connectivity index (χ1n) is 6.55. The van der Waals surface area contributed by atoms with Gasteiger partial charge in [0.1, 0.15) is 11.5 Å². The van der Waals surface area contributed by atoms with Gasteiger partial charge in [-0.2, -0.15) is 0 Å². The summed E-state index contributed by atoms with van der Waals surface area (Å²) in [6.07, 6.45) is 2.34. The molecule has 1 heterocycles. The van der Waals surface area contributed by atoms with Gasteiger partial charge in [-0.1, -0.05) is 13.0 Å². The van der Waals surface area contributed by atoms with Crippen LogP contribution in [-0.2, 0) is 13.6 Å². The fourth-order valence-corrected chi connectivity index (χ4v) is 2.08. The van der Waals surface area contributed by atoms with Crippen LogP contribution in [-0.4, -0.2) is 33.9 Å². The minimum Gasteiger partial charge on any atom is -0.395 e. The molecule has 1 aromatic rings. The summed E-state index contributed by atoms with van der Waals surface area (Å²) in [6, 6.07) is 0. The van der Waals surface area contributed by atoms with Crippen LogP contribution in [0.2, 0.25) is 0 Å². The molecule has 1 rings (SSSR count). The third kappa shape index (κ3) is 2.93. The summed E-state index contributed by atoms with van der Waals surface area (Å²) < 4.78 is 2.42. The number of aliphatic hydroxyl groups is 1. The van der Waals surface area contributed by atoms with Crippen molar-refractivity contribution in [1.29, 1.82) is 0 Å². The van der Waals surface area contributed by atoms with Gasteiger partial charge in [0.25, 0.3) is 5.56 Å². The summed E-state index contributed by atoms with van der Waals surface area (Å²) >= 11 is 0. The SMILES string of the molecule is C=CCN(CCO)c1c(N)n(CCC)c(=O)n(C)c1=O. The lowest BCUT2D eigenvalue weighted by Gasteiger charge is -2.25. The summed E-state index contributed by atoms with van der Waals surface area (Å²) in [5, 5.41) is 9.11. The van der Waals surface area contributed by atoms with E-state index in [4.69, 9.17) is 10.8 Å². The standard InChI is InChI=1S/C13H22N4O3/c1-4-6-16(8-9-18)10-11(14)17(7-5-2)13(20)15(3)12(10)19/h4,18H,1,5-9,14H2,2-3H3. The number of rotatable bonds is 7. The van der Waals surface area contributed by atoms with Crippen LogP contribution < -0.4 is 21.9 Å². The maximum atomic E-state index is 12.3. The molecule has 0 saturated heterocycles. The van der Waals surface area contributed by atoms with Crippen molar-refractivity contribution in [2.75, 3.05) is 30.3 Å². The Morgan fingerprint density at radius 1 is 1.45 bits per heavy atom. The molecule has 112 valence electrons. The first-order valence-corrected chi connectivity index (χ1v) is 6.55. The average Bonchev–Trinajstić information content (AvgIpc) is 2.42. The summed E-state index contributed by atoms with van der Waals surface area (Å²) in [6.45, 7) is 6.47. The van der Waals surface area contributed by atoms with E-state index in [0.717, 1.165) is 11.0 Å². The van der Waals surface area contributed by atoms with Gasteiger partial charge in [0.2, 0.25) is 0 Å². The number of hydrogen-bond donors (Lipinski definition) is 2. The highest BCUT2D eigenvalue weighted by Gasteiger charge is 2.19. The fraction of sp³-hybridized carbons (Fsp3) is 0.538. The molecule has 0 fully saturated rings. The van der Waals surface area contributed by atoms with E-state index in [1.807, 2.05) is 6.92 Å². The smallest absolute Gasteiger partial charge is 0.332 e. The lowest BCUT2D eigenvalue weighted by Crippen LogP contribution is -2.44. The Morgan fingerprint density at radius 2 is 2.10 bits per heavy atom. The number of aliphatic hydroxyl groups excluding tert-OH is 1. The molecule has 0 atom stereocenters. The van der Waals surface area contributed by atoms with Crippen molar-refractivity contribution in [2.24, 2.45) is 7.05 Å². The second-order valence-electron chi connectivity index (χ2n) is 4.49. The third-order valence-electron chi connectivity index (χ3n) is 3.04. The van der Waals surface area contributed by atoms with Crippen molar-refractivity contribution < 1.29 is 5.11 Å². The van der Waals surface area contributed by atoms with Crippen molar-refractivity contribution in [1.82, 2.24) is 9.13 Å². The lowest BCUT2D eigenvalue weighted by molar-refractivity contribution is 0.303. The third-order valence-corrected chi connectivity index (χ3v) is 3.04. The number of nitrogens with two attached hydrogens (primary N) is 1. The highest BCUT2D eigenvalue weighted by molar-refractivity contribution is 5.63. The quantitative estimate of drug-likeness (QED) is 0.659. The van der Waals surface area contributed by atoms with Crippen molar-refractivity contribution in [2.45, 2.75) is 19.9 Å². The van der Waals surface area contributed by atoms with Crippen LogP contribution in [0.25, 0.3) is 0 Å². The topological polar surface area (TPSA) is 93.5 Å². The van der Waals surface area contributed by atoms with Gasteiger partial charge < -0.3 is 15.7 Å². The van der Waals surface area contributed by atoms with Crippen molar-refractivity contribution in [3.8, 4) is 0 Å². The molecule has 0 aliphatic heterocycles. The Kier molecular flexibility index (Phi) is 5.57. The number of nitrogens with zero attached hydrogens (tertiary/aromatic N) is 3. The molecule has 0 saturated carbocycles. The first-order chi connectivity index (χ1) is 9.49. The van der Waals surface area contributed by atoms with Crippen LogP contribution in [0.15, 0.2) is 22.2 Å². The number of nitrogen functional groups attached to an aromatic ring is 1. The largest absolute Gasteiger partial charge is 0.395 e. The molecular formula is C13H22N4O3. The van der Waals surface area contributed by atoms with Crippen LogP contribution in [0.4, 0.5) is 11.5 Å². The van der Waals surface area contributed by atoms with Crippen LogP contribution >= 0.6 is 0 Å². The molecule has 7 heteroatoms. The van der Waals surface area contributed by atoms with Gasteiger partial charge in [0, 0.05) is 26.7 Å². The van der Waals surface area contributed by atoms with Gasteiger partial charge in [-0.05, 0) is 6.42 Å². The second kappa shape index (κ2) is 6.95. The second-order valence-corrected chi connectivity index (χ2v) is 4.49. The average molecular weight is 282 g/mol. The van der Waals surface area contributed by atoms with Crippen molar-refractivity contribution in [3.05, 3.63) is 33.5 Å². The number of aromatic nitrogens is 2. The molecule has 20 heavy (non-hydrogen) atoms. The Bertz CT molecular complexity index is 589. The van der Waals surface area contributed by atoms with E-state index in [9.17, 15) is 9.59 Å². The molecular weight excluding hydrogens is 260 g/mol. The van der Waals surface area contributed by atoms with E-state index < -0.39 is 11.2 Å². The zero-order chi connectivity index (χ0) is 15.3. The van der Waals surface area contributed by atoms with Gasteiger partial charge >= 0.3 is 5.69 Å². The molecule has 1 aromatic heterocycles. The Labute approximate surface area is 117 Å². The molecule has 0 aliphatic carbocycles. The molecule has 0 radical (unpaired) electrons. The zero-order valence-electron chi connectivity index (χ0n) is 12.0. The summed E-state index contributed by atoms with van der Waals surface area (Å²) in [5.41, 5.74) is 5.33. The van der Waals surface area contributed by atoms with Crippen molar-refractivity contribution >= 4 is 11.5 Å². The predicted molar refractivity (Wildman–Crippen MR) is 80.1 cm³/mol. The maximum absolute atomic E-state index is 12.3. The fourth-order valence-electron chi connectivity index (χ4n) is 2.08. The zero-order valence-corrected chi connectivity index (χ0v) is 12.0. The van der Waals surface area contributed by atoms with E-state index >= 15 is 0 Å². The van der Waals surface area contributed by atoms with Crippen LogP contribution in [0, 0.1) is 0 Å². The van der Waals surface area contributed by atoms with E-state index in [2.05, 4.69) is 6.58 Å². The number of hydrogen-bond acceptors (Lipinski definition) is 5. The molecule has 0 bridgehead atoms. The van der Waals surface area contributed by atoms with Crippen molar-refractivity contribution in [3.63, 3.8) is 0 Å². The molecule has 0 aromatic carbocycles. The highest BCUT2D eigenvalue weighted by atomic mass is 16.3. The van der Waals surface area contributed by atoms with Crippen LogP contribution in [0.1, 0.15) is 13.3 Å². The molecule has 7 nitrogen and oxygen atoms in total. The minimum atomic E-state index is -0.463. The first kappa shape index (κ1) is 16.0. The van der Waals surface area contributed by atoms with Gasteiger partial charge in [-0.3, -0.25) is 13.9 Å².